The van der Waals surface area contributed by atoms with Gasteiger partial charge in [-0.25, -0.2) is 14.4 Å². The molecule has 0 aliphatic heterocycles. The first-order valence-electron chi connectivity index (χ1n) is 6.85. The zero-order chi connectivity index (χ0) is 15.4. The van der Waals surface area contributed by atoms with Crippen molar-refractivity contribution in [3.8, 4) is 0 Å². The van der Waals surface area contributed by atoms with Crippen LogP contribution in [-0.2, 0) is 0 Å². The molecule has 0 amide bonds. The lowest BCUT2D eigenvalue weighted by Gasteiger charge is -2.13. The van der Waals surface area contributed by atoms with Gasteiger partial charge in [-0.2, -0.15) is 0 Å². The van der Waals surface area contributed by atoms with Crippen LogP contribution < -0.4 is 10.6 Å². The third-order valence-electron chi connectivity index (χ3n) is 2.83. The molecule has 0 unspecified atom stereocenters. The van der Waals surface area contributed by atoms with Crippen LogP contribution in [0.4, 0.5) is 21.7 Å². The highest BCUT2D eigenvalue weighted by Gasteiger charge is 2.11. The molecule has 0 saturated heterocycles. The van der Waals surface area contributed by atoms with E-state index in [4.69, 9.17) is 11.6 Å². The van der Waals surface area contributed by atoms with Crippen LogP contribution in [0, 0.1) is 5.82 Å². The van der Waals surface area contributed by atoms with Crippen molar-refractivity contribution in [1.82, 2.24) is 9.97 Å². The molecule has 112 valence electrons. The Balaban J connectivity index is 2.36. The van der Waals surface area contributed by atoms with Crippen LogP contribution in [0.2, 0.25) is 5.02 Å². The fourth-order valence-corrected chi connectivity index (χ4v) is 1.97. The van der Waals surface area contributed by atoms with Crippen LogP contribution in [0.15, 0.2) is 24.3 Å². The minimum absolute atomic E-state index is 0.0741. The van der Waals surface area contributed by atoms with Crippen molar-refractivity contribution in [2.45, 2.75) is 26.7 Å². The Labute approximate surface area is 128 Å². The quantitative estimate of drug-likeness (QED) is 0.849. The lowest BCUT2D eigenvalue weighted by atomic mass is 10.2. The van der Waals surface area contributed by atoms with Gasteiger partial charge in [0.1, 0.15) is 17.5 Å². The van der Waals surface area contributed by atoms with Gasteiger partial charge in [-0.15, -0.1) is 0 Å². The van der Waals surface area contributed by atoms with Gasteiger partial charge in [-0.05, 0) is 19.1 Å². The molecule has 0 spiro atoms. The summed E-state index contributed by atoms with van der Waals surface area (Å²) in [5, 5.41) is 6.17. The number of hydrogen-bond donors (Lipinski definition) is 2. The highest BCUT2D eigenvalue weighted by atomic mass is 35.5. The number of halogens is 2. The molecule has 1 heterocycles. The standard InChI is InChI=1S/C15H18ClFN4/c1-4-18-12-8-13(21-15(20-12)9(2)3)19-11-7-5-6-10(16)14(11)17/h5-9H,4H2,1-3H3,(H2,18,19,20,21). The fraction of sp³-hybridized carbons (Fsp3) is 0.333. The monoisotopic (exact) mass is 308 g/mol. The van der Waals surface area contributed by atoms with E-state index in [9.17, 15) is 4.39 Å². The zero-order valence-electron chi connectivity index (χ0n) is 12.2. The maximum absolute atomic E-state index is 13.9. The van der Waals surface area contributed by atoms with E-state index in [-0.39, 0.29) is 10.9 Å². The molecule has 0 aliphatic carbocycles. The van der Waals surface area contributed by atoms with E-state index in [0.29, 0.717) is 23.1 Å². The highest BCUT2D eigenvalue weighted by molar-refractivity contribution is 6.31. The lowest BCUT2D eigenvalue weighted by molar-refractivity contribution is 0.632. The molecule has 0 aliphatic rings. The summed E-state index contributed by atoms with van der Waals surface area (Å²) in [4.78, 5) is 8.83. The molecule has 0 saturated carbocycles. The number of aromatic nitrogens is 2. The first-order valence-corrected chi connectivity index (χ1v) is 7.23. The minimum Gasteiger partial charge on any atom is -0.370 e. The van der Waals surface area contributed by atoms with E-state index >= 15 is 0 Å². The molecule has 0 atom stereocenters. The molecule has 1 aromatic heterocycles. The van der Waals surface area contributed by atoms with Gasteiger partial charge in [0.2, 0.25) is 0 Å². The number of benzene rings is 1. The van der Waals surface area contributed by atoms with Crippen molar-refractivity contribution < 1.29 is 4.39 Å². The Hall–Kier alpha value is -1.88. The van der Waals surface area contributed by atoms with Gasteiger partial charge in [0.25, 0.3) is 0 Å². The zero-order valence-corrected chi connectivity index (χ0v) is 13.0. The summed E-state index contributed by atoms with van der Waals surface area (Å²) in [5.41, 5.74) is 0.290. The third-order valence-corrected chi connectivity index (χ3v) is 3.12. The lowest BCUT2D eigenvalue weighted by Crippen LogP contribution is -2.07. The summed E-state index contributed by atoms with van der Waals surface area (Å²) in [5.74, 6) is 1.62. The van der Waals surface area contributed by atoms with Crippen LogP contribution in [0.5, 0.6) is 0 Å². The Morgan fingerprint density at radius 3 is 2.62 bits per heavy atom. The molecular weight excluding hydrogens is 291 g/mol. The Kier molecular flexibility index (Phi) is 4.96. The van der Waals surface area contributed by atoms with Gasteiger partial charge in [0, 0.05) is 18.5 Å². The minimum atomic E-state index is -0.492. The molecule has 0 fully saturated rings. The number of nitrogens with zero attached hydrogens (tertiary/aromatic N) is 2. The molecule has 2 rings (SSSR count). The molecule has 1 aromatic carbocycles. The van der Waals surface area contributed by atoms with Gasteiger partial charge in [-0.3, -0.25) is 0 Å². The Morgan fingerprint density at radius 1 is 1.24 bits per heavy atom. The topological polar surface area (TPSA) is 49.8 Å². The summed E-state index contributed by atoms with van der Waals surface area (Å²) >= 11 is 5.78. The van der Waals surface area contributed by atoms with E-state index in [1.54, 1.807) is 18.2 Å². The normalized spacial score (nSPS) is 10.8. The average molecular weight is 309 g/mol. The van der Waals surface area contributed by atoms with Gasteiger partial charge in [0.15, 0.2) is 5.82 Å². The van der Waals surface area contributed by atoms with Crippen molar-refractivity contribution >= 4 is 28.9 Å². The maximum Gasteiger partial charge on any atom is 0.165 e. The van der Waals surface area contributed by atoms with Crippen LogP contribution in [0.1, 0.15) is 32.5 Å². The highest BCUT2D eigenvalue weighted by Crippen LogP contribution is 2.26. The first kappa shape index (κ1) is 15.5. The van der Waals surface area contributed by atoms with Crippen LogP contribution in [0.3, 0.4) is 0 Å². The maximum atomic E-state index is 13.9. The molecule has 2 aromatic rings. The van der Waals surface area contributed by atoms with Gasteiger partial charge < -0.3 is 10.6 Å². The van der Waals surface area contributed by atoms with Crippen LogP contribution in [-0.4, -0.2) is 16.5 Å². The average Bonchev–Trinajstić information content (AvgIpc) is 2.44. The second-order valence-electron chi connectivity index (χ2n) is 4.91. The second-order valence-corrected chi connectivity index (χ2v) is 5.32. The number of nitrogens with one attached hydrogen (secondary N) is 2. The van der Waals surface area contributed by atoms with Crippen LogP contribution >= 0.6 is 11.6 Å². The Bertz CT molecular complexity index is 631. The van der Waals surface area contributed by atoms with E-state index in [0.717, 1.165) is 6.54 Å². The number of rotatable bonds is 5. The fourth-order valence-electron chi connectivity index (χ4n) is 1.80. The molecule has 4 nitrogen and oxygen atoms in total. The molecule has 6 heteroatoms. The third kappa shape index (κ3) is 3.82. The van der Waals surface area contributed by atoms with Crippen molar-refractivity contribution in [2.24, 2.45) is 0 Å². The predicted octanol–water partition coefficient (Wildman–Crippen LogP) is 4.57. The van der Waals surface area contributed by atoms with E-state index < -0.39 is 5.82 Å². The van der Waals surface area contributed by atoms with Gasteiger partial charge in [-0.1, -0.05) is 31.5 Å². The van der Waals surface area contributed by atoms with E-state index in [2.05, 4.69) is 20.6 Å². The second kappa shape index (κ2) is 6.72. The number of anilines is 3. The van der Waals surface area contributed by atoms with Gasteiger partial charge >= 0.3 is 0 Å². The molecule has 0 radical (unpaired) electrons. The molecule has 21 heavy (non-hydrogen) atoms. The summed E-state index contributed by atoms with van der Waals surface area (Å²) in [6, 6.07) is 6.55. The van der Waals surface area contributed by atoms with Crippen molar-refractivity contribution in [3.05, 3.63) is 40.9 Å². The summed E-state index contributed by atoms with van der Waals surface area (Å²) in [6.45, 7) is 6.75. The summed E-state index contributed by atoms with van der Waals surface area (Å²) in [6.07, 6.45) is 0. The van der Waals surface area contributed by atoms with Crippen LogP contribution in [0.25, 0.3) is 0 Å². The molecule has 2 N–H and O–H groups in total. The van der Waals surface area contributed by atoms with Gasteiger partial charge in [0.05, 0.1) is 10.7 Å². The van der Waals surface area contributed by atoms with Crippen molar-refractivity contribution in [2.75, 3.05) is 17.2 Å². The Morgan fingerprint density at radius 2 is 1.95 bits per heavy atom. The van der Waals surface area contributed by atoms with E-state index in [1.165, 1.54) is 6.07 Å². The largest absolute Gasteiger partial charge is 0.370 e. The summed E-state index contributed by atoms with van der Waals surface area (Å²) < 4.78 is 13.9. The summed E-state index contributed by atoms with van der Waals surface area (Å²) in [7, 11) is 0. The SMILES string of the molecule is CCNc1cc(Nc2cccc(Cl)c2F)nc(C(C)C)n1. The van der Waals surface area contributed by atoms with Crippen molar-refractivity contribution in [1.29, 1.82) is 0 Å². The van der Waals surface area contributed by atoms with Crippen molar-refractivity contribution in [3.63, 3.8) is 0 Å². The molecular formula is C15H18ClFN4. The molecule has 0 bridgehead atoms. The first-order chi connectivity index (χ1) is 10.0. The predicted molar refractivity (Wildman–Crippen MR) is 85.0 cm³/mol. The smallest absolute Gasteiger partial charge is 0.165 e. The van der Waals surface area contributed by atoms with E-state index in [1.807, 2.05) is 20.8 Å². The number of hydrogen-bond acceptors (Lipinski definition) is 4.